The summed E-state index contributed by atoms with van der Waals surface area (Å²) in [5, 5.41) is 3.63. The Kier molecular flexibility index (Phi) is 5.00. The summed E-state index contributed by atoms with van der Waals surface area (Å²) in [6.45, 7) is 0. The summed E-state index contributed by atoms with van der Waals surface area (Å²) in [5.41, 5.74) is 0.227. The summed E-state index contributed by atoms with van der Waals surface area (Å²) >= 11 is 3.15. The normalized spacial score (nSPS) is 15.2. The standard InChI is InChI=1S/C16H13BrF3NO4S/c17-11-3-4-12(10(5-11)7-26(23,24)8-16(18,19)20)14(22)13-6-21-25-15(13)9-1-2-9/h3-6,9H,1-2,7-8H2. The lowest BCUT2D eigenvalue weighted by atomic mass is 9.99. The molecule has 0 unspecified atom stereocenters. The van der Waals surface area contributed by atoms with E-state index in [4.69, 9.17) is 4.52 Å². The maximum atomic E-state index is 12.8. The average molecular weight is 452 g/mol. The minimum absolute atomic E-state index is 0.00317. The number of halogens is 4. The highest BCUT2D eigenvalue weighted by atomic mass is 79.9. The van der Waals surface area contributed by atoms with Crippen LogP contribution in [0.1, 0.15) is 46.0 Å². The zero-order valence-electron chi connectivity index (χ0n) is 13.2. The topological polar surface area (TPSA) is 77.2 Å². The van der Waals surface area contributed by atoms with Crippen molar-refractivity contribution < 1.29 is 30.9 Å². The van der Waals surface area contributed by atoms with Crippen LogP contribution >= 0.6 is 15.9 Å². The lowest BCUT2D eigenvalue weighted by Crippen LogP contribution is -2.24. The molecule has 0 spiro atoms. The van der Waals surface area contributed by atoms with E-state index in [2.05, 4.69) is 21.1 Å². The number of hydrogen-bond acceptors (Lipinski definition) is 5. The predicted octanol–water partition coefficient (Wildman–Crippen LogP) is 4.02. The number of nitrogens with zero attached hydrogens (tertiary/aromatic N) is 1. The molecule has 0 N–H and O–H groups in total. The van der Waals surface area contributed by atoms with Gasteiger partial charge in [-0.15, -0.1) is 0 Å². The van der Waals surface area contributed by atoms with Gasteiger partial charge in [-0.25, -0.2) is 8.42 Å². The maximum absolute atomic E-state index is 12.8. The van der Waals surface area contributed by atoms with Crippen molar-refractivity contribution in [3.05, 3.63) is 51.3 Å². The van der Waals surface area contributed by atoms with E-state index < -0.39 is 33.3 Å². The van der Waals surface area contributed by atoms with Gasteiger partial charge in [0.1, 0.15) is 5.75 Å². The Morgan fingerprint density at radius 2 is 1.96 bits per heavy atom. The molecule has 0 atom stereocenters. The van der Waals surface area contributed by atoms with Gasteiger partial charge >= 0.3 is 6.18 Å². The van der Waals surface area contributed by atoms with E-state index >= 15 is 0 Å². The van der Waals surface area contributed by atoms with Gasteiger partial charge in [-0.05, 0) is 36.6 Å². The van der Waals surface area contributed by atoms with Crippen molar-refractivity contribution in [1.29, 1.82) is 0 Å². The molecule has 3 rings (SSSR count). The molecular formula is C16H13BrF3NO4S. The van der Waals surface area contributed by atoms with E-state index in [9.17, 15) is 26.4 Å². The summed E-state index contributed by atoms with van der Waals surface area (Å²) in [6.07, 6.45) is -1.86. The Balaban J connectivity index is 1.96. The van der Waals surface area contributed by atoms with Crippen molar-refractivity contribution >= 4 is 31.6 Å². The number of carbonyl (C=O) groups is 1. The summed E-state index contributed by atoms with van der Waals surface area (Å²) in [7, 11) is -4.49. The fraction of sp³-hybridized carbons (Fsp3) is 0.375. The van der Waals surface area contributed by atoms with Crippen molar-refractivity contribution in [1.82, 2.24) is 5.16 Å². The molecule has 5 nitrogen and oxygen atoms in total. The number of hydrogen-bond donors (Lipinski definition) is 0. The van der Waals surface area contributed by atoms with E-state index in [-0.39, 0.29) is 22.6 Å². The van der Waals surface area contributed by atoms with E-state index in [1.807, 2.05) is 0 Å². The van der Waals surface area contributed by atoms with Crippen molar-refractivity contribution in [3.63, 3.8) is 0 Å². The second-order valence-electron chi connectivity index (χ2n) is 6.16. The van der Waals surface area contributed by atoms with Crippen molar-refractivity contribution in [2.24, 2.45) is 0 Å². The van der Waals surface area contributed by atoms with Crippen molar-refractivity contribution in [3.8, 4) is 0 Å². The number of ketones is 1. The fourth-order valence-corrected chi connectivity index (χ4v) is 4.37. The van der Waals surface area contributed by atoms with Crippen molar-refractivity contribution in [2.75, 3.05) is 5.75 Å². The van der Waals surface area contributed by atoms with E-state index in [0.29, 0.717) is 10.2 Å². The minimum Gasteiger partial charge on any atom is -0.360 e. The molecule has 0 saturated heterocycles. The molecule has 1 heterocycles. The SMILES string of the molecule is O=C(c1ccc(Br)cc1CS(=O)(=O)CC(F)(F)F)c1cnoc1C1CC1. The van der Waals surface area contributed by atoms with Gasteiger partial charge in [-0.2, -0.15) is 13.2 Å². The van der Waals surface area contributed by atoms with Crippen LogP contribution in [0, 0.1) is 0 Å². The Labute approximate surface area is 155 Å². The molecule has 0 radical (unpaired) electrons. The molecule has 0 bridgehead atoms. The molecule has 1 aromatic carbocycles. The Morgan fingerprint density at radius 3 is 2.58 bits per heavy atom. The van der Waals surface area contributed by atoms with Gasteiger partial charge in [0.2, 0.25) is 0 Å². The van der Waals surface area contributed by atoms with Crippen LogP contribution < -0.4 is 0 Å². The van der Waals surface area contributed by atoms with Crippen LogP contribution in [0.5, 0.6) is 0 Å². The first-order valence-electron chi connectivity index (χ1n) is 7.60. The van der Waals surface area contributed by atoms with Gasteiger partial charge in [-0.1, -0.05) is 21.1 Å². The van der Waals surface area contributed by atoms with Crippen LogP contribution in [0.15, 0.2) is 33.4 Å². The number of benzene rings is 1. The second kappa shape index (κ2) is 6.80. The fourth-order valence-electron chi connectivity index (χ4n) is 2.64. The van der Waals surface area contributed by atoms with Gasteiger partial charge < -0.3 is 4.52 Å². The van der Waals surface area contributed by atoms with E-state index in [0.717, 1.165) is 12.8 Å². The lowest BCUT2D eigenvalue weighted by Gasteiger charge is -2.11. The maximum Gasteiger partial charge on any atom is 0.402 e. The van der Waals surface area contributed by atoms with Crippen LogP contribution in [0.3, 0.4) is 0 Å². The van der Waals surface area contributed by atoms with Crippen molar-refractivity contribution in [2.45, 2.75) is 30.7 Å². The number of alkyl halides is 3. The van der Waals surface area contributed by atoms with Gasteiger partial charge in [0, 0.05) is 16.0 Å². The van der Waals surface area contributed by atoms with Gasteiger partial charge in [0.15, 0.2) is 21.4 Å². The summed E-state index contributed by atoms with van der Waals surface area (Å²) in [4.78, 5) is 12.8. The lowest BCUT2D eigenvalue weighted by molar-refractivity contribution is -0.106. The Morgan fingerprint density at radius 1 is 1.27 bits per heavy atom. The van der Waals surface area contributed by atoms with Crippen LogP contribution in [-0.2, 0) is 15.6 Å². The first kappa shape index (κ1) is 19.1. The van der Waals surface area contributed by atoms with E-state index in [1.54, 1.807) is 0 Å². The monoisotopic (exact) mass is 451 g/mol. The zero-order valence-corrected chi connectivity index (χ0v) is 15.6. The molecule has 0 aliphatic heterocycles. The average Bonchev–Trinajstić information content (AvgIpc) is 3.21. The first-order chi connectivity index (χ1) is 12.1. The van der Waals surface area contributed by atoms with E-state index in [1.165, 1.54) is 24.4 Å². The quantitative estimate of drug-likeness (QED) is 0.619. The number of carbonyl (C=O) groups excluding carboxylic acids is 1. The summed E-state index contributed by atoms with van der Waals surface area (Å²) in [5.74, 6) is -2.82. The molecule has 26 heavy (non-hydrogen) atoms. The molecular weight excluding hydrogens is 439 g/mol. The molecule has 2 aromatic rings. The third kappa shape index (κ3) is 4.53. The highest BCUT2D eigenvalue weighted by Crippen LogP contribution is 2.42. The third-order valence-electron chi connectivity index (χ3n) is 3.86. The molecule has 1 aliphatic carbocycles. The predicted molar refractivity (Wildman–Crippen MR) is 89.6 cm³/mol. The smallest absolute Gasteiger partial charge is 0.360 e. The number of aromatic nitrogens is 1. The van der Waals surface area contributed by atoms with Crippen LogP contribution in [-0.4, -0.2) is 31.3 Å². The largest absolute Gasteiger partial charge is 0.402 e. The first-order valence-corrected chi connectivity index (χ1v) is 10.2. The van der Waals surface area contributed by atoms with Crippen LogP contribution in [0.2, 0.25) is 0 Å². The summed E-state index contributed by atoms with van der Waals surface area (Å²) < 4.78 is 66.8. The summed E-state index contributed by atoms with van der Waals surface area (Å²) in [6, 6.07) is 4.25. The molecule has 1 fully saturated rings. The Bertz CT molecular complexity index is 949. The number of sulfone groups is 1. The molecule has 0 amide bonds. The number of rotatable bonds is 6. The molecule has 1 aliphatic rings. The van der Waals surface area contributed by atoms with Crippen LogP contribution in [0.4, 0.5) is 13.2 Å². The highest BCUT2D eigenvalue weighted by Gasteiger charge is 2.36. The second-order valence-corrected chi connectivity index (χ2v) is 9.14. The molecule has 1 aromatic heterocycles. The third-order valence-corrected chi connectivity index (χ3v) is 5.87. The van der Waals surface area contributed by atoms with Gasteiger partial charge in [0.05, 0.1) is 17.5 Å². The van der Waals surface area contributed by atoms with Gasteiger partial charge in [-0.3, -0.25) is 4.79 Å². The minimum atomic E-state index is -4.84. The molecule has 140 valence electrons. The zero-order chi connectivity index (χ0) is 19.1. The highest BCUT2D eigenvalue weighted by molar-refractivity contribution is 9.10. The molecule has 1 saturated carbocycles. The molecule has 10 heteroatoms. The Hall–Kier alpha value is -1.68. The van der Waals surface area contributed by atoms with Crippen LogP contribution in [0.25, 0.3) is 0 Å². The van der Waals surface area contributed by atoms with Gasteiger partial charge in [0.25, 0.3) is 0 Å².